The fourth-order valence-corrected chi connectivity index (χ4v) is 8.98. The lowest BCUT2D eigenvalue weighted by atomic mass is 10.00. The molecule has 1 aliphatic heterocycles. The van der Waals surface area contributed by atoms with Crippen LogP contribution in [0.15, 0.2) is 30.3 Å². The summed E-state index contributed by atoms with van der Waals surface area (Å²) < 4.78 is 0. The molecule has 1 aliphatic rings. The number of hydrogen-bond donors (Lipinski definition) is 18. The van der Waals surface area contributed by atoms with Crippen LogP contribution in [0.1, 0.15) is 118 Å². The maximum absolute atomic E-state index is 14.5. The van der Waals surface area contributed by atoms with Gasteiger partial charge in [-0.2, -0.15) is 0 Å². The van der Waals surface area contributed by atoms with Crippen LogP contribution in [0.2, 0.25) is 0 Å². The van der Waals surface area contributed by atoms with E-state index in [9.17, 15) is 63.0 Å². The minimum Gasteiger partial charge on any atom is -0.391 e. The summed E-state index contributed by atoms with van der Waals surface area (Å²) in [6.07, 6.45) is -2.10. The van der Waals surface area contributed by atoms with Gasteiger partial charge in [0.1, 0.15) is 60.4 Å². The molecule has 4 unspecified atom stereocenters. The van der Waals surface area contributed by atoms with Gasteiger partial charge in [-0.25, -0.2) is 0 Å². The van der Waals surface area contributed by atoms with Gasteiger partial charge in [0.15, 0.2) is 0 Å². The van der Waals surface area contributed by atoms with Crippen LogP contribution >= 0.6 is 0 Å². The first kappa shape index (κ1) is 73.2. The Morgan fingerprint density at radius 1 is 0.536 bits per heavy atom. The number of benzene rings is 1. The summed E-state index contributed by atoms with van der Waals surface area (Å²) in [5, 5.41) is 49.6. The second-order valence-corrected chi connectivity index (χ2v) is 21.9. The van der Waals surface area contributed by atoms with Crippen molar-refractivity contribution in [1.29, 1.82) is 0 Å². The normalized spacial score (nSPS) is 22.7. The lowest BCUT2D eigenvalue weighted by molar-refractivity contribution is -0.137. The first-order valence-electron chi connectivity index (χ1n) is 29.0. The number of aliphatic hydroxyl groups excluding tert-OH is 2. The number of amides is 11. The van der Waals surface area contributed by atoms with Crippen LogP contribution in [-0.4, -0.2) is 187 Å². The van der Waals surface area contributed by atoms with Gasteiger partial charge < -0.3 is 97.4 Å². The van der Waals surface area contributed by atoms with Crippen molar-refractivity contribution in [1.82, 2.24) is 58.5 Å². The molecule has 0 aromatic heterocycles. The van der Waals surface area contributed by atoms with E-state index in [0.29, 0.717) is 17.9 Å². The molecule has 0 saturated carbocycles. The highest BCUT2D eigenvalue weighted by Gasteiger charge is 2.37. The Balaban J connectivity index is 2.69. The van der Waals surface area contributed by atoms with Crippen LogP contribution in [0.25, 0.3) is 0 Å². The Labute approximate surface area is 491 Å². The number of hydrogen-bond acceptors (Lipinski definition) is 18. The first-order valence-corrected chi connectivity index (χ1v) is 29.0. The van der Waals surface area contributed by atoms with Gasteiger partial charge >= 0.3 is 0 Å². The summed E-state index contributed by atoms with van der Waals surface area (Å²) in [5.74, 6) is -9.52. The van der Waals surface area contributed by atoms with Gasteiger partial charge in [0.05, 0.1) is 12.2 Å². The monoisotopic (exact) mass is 1190 g/mol. The smallest absolute Gasteiger partial charge is 0.245 e. The van der Waals surface area contributed by atoms with Gasteiger partial charge in [-0.3, -0.25) is 52.7 Å². The van der Waals surface area contributed by atoms with Crippen molar-refractivity contribution in [3.63, 3.8) is 0 Å². The topological polar surface area (TPSA) is 491 Å². The molecule has 0 aliphatic carbocycles. The van der Waals surface area contributed by atoms with Crippen molar-refractivity contribution < 1.29 is 63.0 Å². The predicted molar refractivity (Wildman–Crippen MR) is 312 cm³/mol. The highest BCUT2D eigenvalue weighted by molar-refractivity contribution is 5.99. The fourth-order valence-electron chi connectivity index (χ4n) is 8.98. The highest BCUT2D eigenvalue weighted by atomic mass is 16.3. The quantitative estimate of drug-likeness (QED) is 0.0348. The molecule has 1 fully saturated rings. The third-order valence-corrected chi connectivity index (χ3v) is 13.6. The van der Waals surface area contributed by atoms with Gasteiger partial charge in [-0.05, 0) is 115 Å². The van der Waals surface area contributed by atoms with Crippen LogP contribution in [0, 0.1) is 11.8 Å². The standard InChI is InChI=1S/C55H96N16O13/c1-30(2)12-10-11-15-43(74)62-35(16-22-56)50(79)71-45(33(6)73)55(84)67-38(19-25-59)47(76)66-40-21-27-61-54(83)44(32(5)72)70-51(80)39(20-26-60)64-46(75)36(17-23-57)65-52(81)41(28-31(3)4)68-53(82)42(29-34-13-8-7-9-14-34)69-48(77)37(18-24-58)63-49(40)78/h7-9,13-14,30-33,35-42,44-45,72-73H,10-12,15-29,56-60H2,1-6H3,(H,61,83)(H,62,74)(H,63,78)(H,64,75)(H,65,81)(H,66,76)(H,67,84)(H,68,82)(H,69,77)(H,70,80)(H,71,79)/t32-,33-,35+,36+,37?,38+,39?,40+,41?,42?,44+,45+/m1/s1. The largest absolute Gasteiger partial charge is 0.391 e. The Kier molecular flexibility index (Phi) is 33.9. The van der Waals surface area contributed by atoms with Crippen LogP contribution in [0.5, 0.6) is 0 Å². The molecular weight excluding hydrogens is 1090 g/mol. The Bertz CT molecular complexity index is 2290. The van der Waals surface area contributed by atoms with Crippen LogP contribution in [0.3, 0.4) is 0 Å². The van der Waals surface area contributed by atoms with E-state index in [2.05, 4.69) is 72.3 Å². The van der Waals surface area contributed by atoms with Crippen LogP contribution in [0.4, 0.5) is 0 Å². The number of aliphatic hydroxyl groups is 2. The van der Waals surface area contributed by atoms with Crippen molar-refractivity contribution in [2.24, 2.45) is 40.5 Å². The van der Waals surface area contributed by atoms with E-state index < -0.39 is 151 Å². The second kappa shape index (κ2) is 38.9. The zero-order valence-corrected chi connectivity index (χ0v) is 49.5. The molecule has 12 atom stereocenters. The maximum atomic E-state index is 14.5. The third kappa shape index (κ3) is 26.4. The van der Waals surface area contributed by atoms with E-state index in [0.717, 1.165) is 12.8 Å². The predicted octanol–water partition coefficient (Wildman–Crippen LogP) is -5.63. The average molecular weight is 1190 g/mol. The SMILES string of the molecule is CC(C)CCCCC(=O)N[C@@H](CCN)C(=O)N[C@H](C(=O)N[C@@H](CCN)C(=O)N[C@H]1CCNC(=O)[C@H]([C@@H](C)O)NC(=O)C(CCN)NC(=O)[C@H](CCN)NC(=O)C(CC(C)C)NC(=O)C(Cc2ccccc2)NC(=O)C(CCN)NC1=O)[C@@H](C)O. The molecule has 29 nitrogen and oxygen atoms in total. The molecule has 1 saturated heterocycles. The zero-order valence-electron chi connectivity index (χ0n) is 49.5. The van der Waals surface area contributed by atoms with Crippen LogP contribution in [-0.2, 0) is 59.2 Å². The summed E-state index contributed by atoms with van der Waals surface area (Å²) in [6.45, 7) is 8.92. The maximum Gasteiger partial charge on any atom is 0.245 e. The Morgan fingerprint density at radius 3 is 1.52 bits per heavy atom. The molecule has 2 rings (SSSR count). The van der Waals surface area contributed by atoms with Gasteiger partial charge in [0.25, 0.3) is 0 Å². The van der Waals surface area contributed by atoms with Crippen molar-refractivity contribution in [3.05, 3.63) is 35.9 Å². The summed E-state index contributed by atoms with van der Waals surface area (Å²) in [7, 11) is 0. The molecular formula is C55H96N16O13. The molecule has 0 radical (unpaired) electrons. The minimum absolute atomic E-state index is 0.0181. The molecule has 23 N–H and O–H groups in total. The molecule has 1 heterocycles. The number of carbonyl (C=O) groups excluding carboxylic acids is 11. The number of unbranched alkanes of at least 4 members (excludes halogenated alkanes) is 1. The minimum atomic E-state index is -1.70. The molecule has 1 aromatic carbocycles. The zero-order chi connectivity index (χ0) is 63.1. The van der Waals surface area contributed by atoms with Gasteiger partial charge in [0.2, 0.25) is 65.0 Å². The second-order valence-electron chi connectivity index (χ2n) is 21.9. The fraction of sp³-hybridized carbons (Fsp3) is 0.691. The van der Waals surface area contributed by atoms with E-state index in [-0.39, 0.29) is 90.0 Å². The molecule has 1 aromatic rings. The van der Waals surface area contributed by atoms with Crippen molar-refractivity contribution >= 4 is 65.0 Å². The van der Waals surface area contributed by atoms with E-state index >= 15 is 0 Å². The van der Waals surface area contributed by atoms with Gasteiger partial charge in [-0.1, -0.05) is 70.9 Å². The molecule has 29 heteroatoms. The number of nitrogens with one attached hydrogen (secondary N) is 11. The van der Waals surface area contributed by atoms with E-state index in [1.54, 1.807) is 44.2 Å². The Morgan fingerprint density at radius 2 is 1.02 bits per heavy atom. The van der Waals surface area contributed by atoms with Gasteiger partial charge in [-0.15, -0.1) is 0 Å². The summed E-state index contributed by atoms with van der Waals surface area (Å²) in [6, 6.07) is -6.23. The molecule has 474 valence electrons. The summed E-state index contributed by atoms with van der Waals surface area (Å²) in [5.41, 5.74) is 29.9. The van der Waals surface area contributed by atoms with E-state index in [1.165, 1.54) is 13.8 Å². The summed E-state index contributed by atoms with van der Waals surface area (Å²) in [4.78, 5) is 154. The lowest BCUT2D eigenvalue weighted by Gasteiger charge is -2.29. The van der Waals surface area contributed by atoms with Crippen LogP contribution < -0.4 is 87.2 Å². The third-order valence-electron chi connectivity index (χ3n) is 13.6. The average Bonchev–Trinajstić information content (AvgIpc) is 3.63. The lowest BCUT2D eigenvalue weighted by Crippen LogP contribution is -2.62. The van der Waals surface area contributed by atoms with Crippen molar-refractivity contribution in [2.45, 2.75) is 191 Å². The number of carbonyl (C=O) groups is 11. The van der Waals surface area contributed by atoms with Gasteiger partial charge in [0, 0.05) is 19.4 Å². The molecule has 0 spiro atoms. The first-order chi connectivity index (χ1) is 39.8. The van der Waals surface area contributed by atoms with Crippen molar-refractivity contribution in [3.8, 4) is 0 Å². The highest BCUT2D eigenvalue weighted by Crippen LogP contribution is 2.12. The molecule has 0 bridgehead atoms. The van der Waals surface area contributed by atoms with E-state index in [1.807, 2.05) is 0 Å². The summed E-state index contributed by atoms with van der Waals surface area (Å²) >= 11 is 0. The number of nitrogens with two attached hydrogens (primary N) is 5. The van der Waals surface area contributed by atoms with E-state index in [4.69, 9.17) is 28.7 Å². The number of rotatable bonds is 28. The Hall–Kier alpha value is -6.89. The molecule has 84 heavy (non-hydrogen) atoms. The molecule has 11 amide bonds. The van der Waals surface area contributed by atoms with Crippen molar-refractivity contribution in [2.75, 3.05) is 39.3 Å².